The maximum atomic E-state index is 12.9. The van der Waals surface area contributed by atoms with Crippen LogP contribution in [0.15, 0.2) is 64.0 Å². The summed E-state index contributed by atoms with van der Waals surface area (Å²) in [6.07, 6.45) is 0. The van der Waals surface area contributed by atoms with Crippen LogP contribution in [0.1, 0.15) is 11.5 Å². The molecule has 3 rings (SSSR count). The molecule has 1 aliphatic carbocycles. The number of nitriles is 1. The summed E-state index contributed by atoms with van der Waals surface area (Å²) in [6, 6.07) is 16.1. The van der Waals surface area contributed by atoms with Crippen molar-refractivity contribution >= 4 is 31.7 Å². The molecule has 0 unspecified atom stereocenters. The Labute approximate surface area is 147 Å². The van der Waals surface area contributed by atoms with Crippen LogP contribution in [-0.2, 0) is 14.6 Å². The van der Waals surface area contributed by atoms with Crippen LogP contribution in [0.2, 0.25) is 0 Å². The zero-order valence-electron chi connectivity index (χ0n) is 12.3. The highest BCUT2D eigenvalue weighted by atomic mass is 79.9. The minimum atomic E-state index is -3.95. The first-order valence-electron chi connectivity index (χ1n) is 7.04. The first-order valence-corrected chi connectivity index (χ1v) is 9.38. The molecule has 1 saturated carbocycles. The third-order valence-corrected chi connectivity index (χ3v) is 7.08. The molecule has 24 heavy (non-hydrogen) atoms. The lowest BCUT2D eigenvalue weighted by Gasteiger charge is -2.04. The number of hydrogen-bond donors (Lipinski definition) is 1. The molecule has 2 aromatic rings. The summed E-state index contributed by atoms with van der Waals surface area (Å²) in [5, 5.41) is 17.8. The van der Waals surface area contributed by atoms with Crippen LogP contribution in [0.3, 0.4) is 0 Å². The molecule has 0 spiro atoms. The van der Waals surface area contributed by atoms with Crippen LogP contribution in [0.5, 0.6) is 0 Å². The summed E-state index contributed by atoms with van der Waals surface area (Å²) in [4.78, 5) is 11.8. The average molecular weight is 406 g/mol. The summed E-state index contributed by atoms with van der Waals surface area (Å²) in [7, 11) is -3.95. The number of benzene rings is 2. The van der Waals surface area contributed by atoms with E-state index in [1.54, 1.807) is 48.5 Å². The molecule has 5 nitrogen and oxygen atoms in total. The van der Waals surface area contributed by atoms with Crippen molar-refractivity contribution in [3.05, 3.63) is 64.6 Å². The van der Waals surface area contributed by atoms with Gasteiger partial charge in [-0.1, -0.05) is 46.3 Å². The Morgan fingerprint density at radius 3 is 2.21 bits per heavy atom. The molecule has 1 N–H and O–H groups in total. The Hall–Kier alpha value is -2.17. The molecule has 0 radical (unpaired) electrons. The van der Waals surface area contributed by atoms with E-state index in [0.717, 1.165) is 4.47 Å². The van der Waals surface area contributed by atoms with Gasteiger partial charge in [0.15, 0.2) is 15.3 Å². The number of hydrogen-bond acceptors (Lipinski definition) is 4. The molecule has 0 aliphatic heterocycles. The molecule has 3 atom stereocenters. The Kier molecular flexibility index (Phi) is 3.98. The lowest BCUT2D eigenvalue weighted by atomic mass is 10.0. The molecule has 0 saturated heterocycles. The van der Waals surface area contributed by atoms with Crippen LogP contribution < -0.4 is 0 Å². The number of carbonyl (C=O) groups is 1. The lowest BCUT2D eigenvalue weighted by Crippen LogP contribution is -2.22. The topological polar surface area (TPSA) is 95.2 Å². The first kappa shape index (κ1) is 16.7. The van der Waals surface area contributed by atoms with Gasteiger partial charge < -0.3 is 5.11 Å². The van der Waals surface area contributed by atoms with E-state index in [-0.39, 0.29) is 4.90 Å². The fourth-order valence-corrected chi connectivity index (χ4v) is 5.62. The maximum Gasteiger partial charge on any atom is 0.326 e. The summed E-state index contributed by atoms with van der Waals surface area (Å²) in [5.41, 5.74) is -1.45. The van der Waals surface area contributed by atoms with Gasteiger partial charge in [-0.25, -0.2) is 8.42 Å². The molecule has 7 heteroatoms. The zero-order chi connectivity index (χ0) is 17.5. The van der Waals surface area contributed by atoms with Gasteiger partial charge in [0.1, 0.15) is 5.25 Å². The number of carboxylic acids is 1. The van der Waals surface area contributed by atoms with Crippen molar-refractivity contribution in [1.29, 1.82) is 5.26 Å². The number of nitrogens with zero attached hydrogens (tertiary/aromatic N) is 1. The van der Waals surface area contributed by atoms with Gasteiger partial charge in [-0.05, 0) is 29.8 Å². The Morgan fingerprint density at radius 2 is 1.71 bits per heavy atom. The fraction of sp³-hybridized carbons (Fsp3) is 0.176. The highest BCUT2D eigenvalue weighted by Gasteiger charge is 2.77. The van der Waals surface area contributed by atoms with E-state index in [2.05, 4.69) is 15.9 Å². The van der Waals surface area contributed by atoms with Gasteiger partial charge in [-0.2, -0.15) is 5.26 Å². The predicted molar refractivity (Wildman–Crippen MR) is 90.0 cm³/mol. The van der Waals surface area contributed by atoms with Crippen LogP contribution in [0, 0.1) is 16.7 Å². The second-order valence-electron chi connectivity index (χ2n) is 5.59. The van der Waals surface area contributed by atoms with E-state index in [0.29, 0.717) is 5.56 Å². The molecule has 0 aromatic heterocycles. The van der Waals surface area contributed by atoms with E-state index in [9.17, 15) is 23.6 Å². The summed E-state index contributed by atoms with van der Waals surface area (Å²) < 4.78 is 26.6. The van der Waals surface area contributed by atoms with Crippen LogP contribution in [0.25, 0.3) is 0 Å². The third-order valence-electron chi connectivity index (χ3n) is 4.31. The van der Waals surface area contributed by atoms with E-state index in [1.807, 2.05) is 0 Å². The second-order valence-corrected chi connectivity index (χ2v) is 8.58. The number of aliphatic carboxylic acids is 1. The first-order chi connectivity index (χ1) is 11.4. The minimum Gasteiger partial charge on any atom is -0.480 e. The maximum absolute atomic E-state index is 12.9. The van der Waals surface area contributed by atoms with E-state index in [4.69, 9.17) is 0 Å². The molecule has 0 heterocycles. The van der Waals surface area contributed by atoms with Gasteiger partial charge in [-0.3, -0.25) is 4.79 Å². The molecular formula is C17H12BrNO4S. The number of rotatable bonds is 4. The van der Waals surface area contributed by atoms with E-state index in [1.165, 1.54) is 12.1 Å². The number of halogens is 1. The molecule has 0 amide bonds. The third kappa shape index (κ3) is 2.34. The predicted octanol–water partition coefficient (Wildman–Crippen LogP) is 2.98. The van der Waals surface area contributed by atoms with Gasteiger partial charge in [0.05, 0.1) is 11.0 Å². The van der Waals surface area contributed by atoms with Gasteiger partial charge >= 0.3 is 5.97 Å². The monoisotopic (exact) mass is 405 g/mol. The second kappa shape index (κ2) is 5.72. The smallest absolute Gasteiger partial charge is 0.326 e. The van der Waals surface area contributed by atoms with Crippen molar-refractivity contribution in [2.24, 2.45) is 5.41 Å². The average Bonchev–Trinajstić information content (AvgIpc) is 3.28. The molecule has 1 aliphatic rings. The van der Waals surface area contributed by atoms with Crippen LogP contribution in [0.4, 0.5) is 0 Å². The molecule has 0 bridgehead atoms. The van der Waals surface area contributed by atoms with Crippen molar-refractivity contribution in [2.45, 2.75) is 16.1 Å². The van der Waals surface area contributed by atoms with Gasteiger partial charge in [0, 0.05) is 10.4 Å². The number of carboxylic acid groups (broad SMARTS) is 1. The number of sulfone groups is 1. The van der Waals surface area contributed by atoms with Gasteiger partial charge in [-0.15, -0.1) is 0 Å². The van der Waals surface area contributed by atoms with Crippen molar-refractivity contribution < 1.29 is 18.3 Å². The fourth-order valence-electron chi connectivity index (χ4n) is 3.08. The molecule has 122 valence electrons. The Balaban J connectivity index is 2.13. The largest absolute Gasteiger partial charge is 0.480 e. The van der Waals surface area contributed by atoms with Crippen LogP contribution >= 0.6 is 15.9 Å². The van der Waals surface area contributed by atoms with Crippen molar-refractivity contribution in [1.82, 2.24) is 0 Å². The lowest BCUT2D eigenvalue weighted by molar-refractivity contribution is -0.141. The van der Waals surface area contributed by atoms with Crippen molar-refractivity contribution in [2.75, 3.05) is 0 Å². The van der Waals surface area contributed by atoms with Crippen molar-refractivity contribution in [3.63, 3.8) is 0 Å². The summed E-state index contributed by atoms with van der Waals surface area (Å²) in [6.45, 7) is 0. The zero-order valence-corrected chi connectivity index (χ0v) is 14.7. The Bertz CT molecular complexity index is 935. The molecule has 1 fully saturated rings. The summed E-state index contributed by atoms with van der Waals surface area (Å²) >= 11 is 3.28. The highest BCUT2D eigenvalue weighted by molar-refractivity contribution is 9.10. The van der Waals surface area contributed by atoms with E-state index < -0.39 is 32.4 Å². The van der Waals surface area contributed by atoms with Crippen LogP contribution in [-0.4, -0.2) is 24.7 Å². The van der Waals surface area contributed by atoms with Crippen molar-refractivity contribution in [3.8, 4) is 6.07 Å². The van der Waals surface area contributed by atoms with Gasteiger partial charge in [0.2, 0.25) is 0 Å². The quantitative estimate of drug-likeness (QED) is 0.843. The minimum absolute atomic E-state index is 0.0236. The highest BCUT2D eigenvalue weighted by Crippen LogP contribution is 2.64. The Morgan fingerprint density at radius 1 is 1.12 bits per heavy atom. The van der Waals surface area contributed by atoms with Gasteiger partial charge in [0.25, 0.3) is 0 Å². The summed E-state index contributed by atoms with van der Waals surface area (Å²) in [5.74, 6) is -2.32. The normalized spacial score (nSPS) is 25.7. The SMILES string of the molecule is N#C[C@]1(C(=O)O)[C@@H](c2ccc(Br)cc2)[C@@H]1S(=O)(=O)c1ccccc1. The van der Waals surface area contributed by atoms with E-state index >= 15 is 0 Å². The standard InChI is InChI=1S/C17H12BrNO4S/c18-12-8-6-11(7-9-12)14-15(17(14,10-19)16(20)21)24(22,23)13-4-2-1-3-5-13/h1-9,14-15H,(H,20,21)/t14-,15-,17-/m0/s1. The molecule has 2 aromatic carbocycles. The molecular weight excluding hydrogens is 394 g/mol.